The number of rotatable bonds is 6. The van der Waals surface area contributed by atoms with E-state index in [1.807, 2.05) is 42.5 Å². The molecule has 0 spiro atoms. The van der Waals surface area contributed by atoms with Crippen molar-refractivity contribution in [3.8, 4) is 0 Å². The first-order chi connectivity index (χ1) is 10.2. The summed E-state index contributed by atoms with van der Waals surface area (Å²) in [5.41, 5.74) is 3.92. The van der Waals surface area contributed by atoms with Crippen molar-refractivity contribution in [3.05, 3.63) is 65.2 Å². The van der Waals surface area contributed by atoms with Gasteiger partial charge in [0.15, 0.2) is 0 Å². The van der Waals surface area contributed by atoms with Crippen LogP contribution in [0.15, 0.2) is 48.5 Å². The molecule has 0 heterocycles. The van der Waals surface area contributed by atoms with Crippen molar-refractivity contribution in [2.45, 2.75) is 26.8 Å². The predicted molar refractivity (Wildman–Crippen MR) is 87.6 cm³/mol. The first kappa shape index (κ1) is 15.1. The normalized spacial score (nSPS) is 10.2. The second kappa shape index (κ2) is 7.48. The van der Waals surface area contributed by atoms with Gasteiger partial charge in [0.05, 0.1) is 5.56 Å². The lowest BCUT2D eigenvalue weighted by Gasteiger charge is -2.12. The highest BCUT2D eigenvalue weighted by Gasteiger charge is 2.10. The maximum absolute atomic E-state index is 12.4. The van der Waals surface area contributed by atoms with E-state index in [0.717, 1.165) is 24.2 Å². The molecule has 0 aliphatic rings. The van der Waals surface area contributed by atoms with Gasteiger partial charge in [-0.1, -0.05) is 43.3 Å². The van der Waals surface area contributed by atoms with Crippen LogP contribution in [0.1, 0.15) is 34.8 Å². The van der Waals surface area contributed by atoms with Crippen LogP contribution in [0, 0.1) is 6.92 Å². The molecule has 2 aromatic carbocycles. The summed E-state index contributed by atoms with van der Waals surface area (Å²) < 4.78 is 0. The molecule has 3 heteroatoms. The van der Waals surface area contributed by atoms with Crippen molar-refractivity contribution in [1.82, 2.24) is 5.32 Å². The number of para-hydroxylation sites is 1. The molecule has 1 amide bonds. The Morgan fingerprint density at radius 2 is 1.76 bits per heavy atom. The molecule has 2 aromatic rings. The number of carbonyl (C=O) groups is 1. The summed E-state index contributed by atoms with van der Waals surface area (Å²) in [5, 5.41) is 6.29. The van der Waals surface area contributed by atoms with Crippen LogP contribution in [0.3, 0.4) is 0 Å². The Morgan fingerprint density at radius 3 is 2.52 bits per heavy atom. The quantitative estimate of drug-likeness (QED) is 0.847. The highest BCUT2D eigenvalue weighted by molar-refractivity contribution is 5.99. The lowest BCUT2D eigenvalue weighted by molar-refractivity contribution is 0.0951. The Kier molecular flexibility index (Phi) is 5.38. The number of nitrogens with one attached hydrogen (secondary N) is 2. The minimum Gasteiger partial charge on any atom is -0.384 e. The molecule has 0 bridgehead atoms. The van der Waals surface area contributed by atoms with Gasteiger partial charge in [-0.15, -0.1) is 0 Å². The zero-order chi connectivity index (χ0) is 15.1. The zero-order valence-corrected chi connectivity index (χ0v) is 12.6. The van der Waals surface area contributed by atoms with Gasteiger partial charge in [-0.2, -0.15) is 0 Å². The Morgan fingerprint density at radius 1 is 1.05 bits per heavy atom. The minimum atomic E-state index is -0.0440. The highest BCUT2D eigenvalue weighted by Crippen LogP contribution is 2.15. The molecule has 0 atom stereocenters. The fourth-order valence-corrected chi connectivity index (χ4v) is 2.17. The van der Waals surface area contributed by atoms with E-state index in [1.165, 1.54) is 5.56 Å². The van der Waals surface area contributed by atoms with Crippen LogP contribution in [0.25, 0.3) is 0 Å². The van der Waals surface area contributed by atoms with Gasteiger partial charge in [0.1, 0.15) is 0 Å². The van der Waals surface area contributed by atoms with Crippen molar-refractivity contribution in [3.63, 3.8) is 0 Å². The van der Waals surface area contributed by atoms with Crippen LogP contribution >= 0.6 is 0 Å². The summed E-state index contributed by atoms with van der Waals surface area (Å²) in [6, 6.07) is 15.7. The summed E-state index contributed by atoms with van der Waals surface area (Å²) in [7, 11) is 0. The maximum atomic E-state index is 12.4. The number of hydrogen-bond acceptors (Lipinski definition) is 2. The van der Waals surface area contributed by atoms with Gasteiger partial charge in [0, 0.05) is 18.8 Å². The number of hydrogen-bond donors (Lipinski definition) is 2. The molecule has 3 nitrogen and oxygen atoms in total. The van der Waals surface area contributed by atoms with Gasteiger partial charge < -0.3 is 10.6 Å². The van der Waals surface area contributed by atoms with Crippen molar-refractivity contribution in [2.75, 3.05) is 11.9 Å². The molecule has 0 saturated carbocycles. The second-order valence-electron chi connectivity index (χ2n) is 5.08. The summed E-state index contributed by atoms with van der Waals surface area (Å²) in [5.74, 6) is -0.0440. The number of benzene rings is 2. The fourth-order valence-electron chi connectivity index (χ4n) is 2.17. The largest absolute Gasteiger partial charge is 0.384 e. The molecule has 21 heavy (non-hydrogen) atoms. The van der Waals surface area contributed by atoms with E-state index < -0.39 is 0 Å². The van der Waals surface area contributed by atoms with Crippen molar-refractivity contribution < 1.29 is 4.79 Å². The molecule has 0 saturated heterocycles. The van der Waals surface area contributed by atoms with Gasteiger partial charge in [-0.05, 0) is 36.6 Å². The second-order valence-corrected chi connectivity index (χ2v) is 5.08. The minimum absolute atomic E-state index is 0.0440. The van der Waals surface area contributed by atoms with Crippen LogP contribution in [0.2, 0.25) is 0 Å². The molecular weight excluding hydrogens is 260 g/mol. The zero-order valence-electron chi connectivity index (χ0n) is 12.6. The molecule has 0 aliphatic carbocycles. The molecule has 110 valence electrons. The van der Waals surface area contributed by atoms with Crippen LogP contribution < -0.4 is 10.6 Å². The average Bonchev–Trinajstić information content (AvgIpc) is 2.52. The SMILES string of the molecule is CCCNc1ccccc1C(=O)NCc1ccccc1C. The van der Waals surface area contributed by atoms with E-state index in [-0.39, 0.29) is 5.91 Å². The Balaban J connectivity index is 2.05. The monoisotopic (exact) mass is 282 g/mol. The van der Waals surface area contributed by atoms with Crippen LogP contribution in [-0.2, 0) is 6.54 Å². The van der Waals surface area contributed by atoms with E-state index >= 15 is 0 Å². The first-order valence-corrected chi connectivity index (χ1v) is 7.38. The molecule has 0 unspecified atom stereocenters. The third-order valence-electron chi connectivity index (χ3n) is 3.44. The van der Waals surface area contributed by atoms with E-state index in [1.54, 1.807) is 0 Å². The van der Waals surface area contributed by atoms with Gasteiger partial charge >= 0.3 is 0 Å². The predicted octanol–water partition coefficient (Wildman–Crippen LogP) is 3.75. The molecular formula is C18H22N2O. The van der Waals surface area contributed by atoms with Crippen LogP contribution in [0.4, 0.5) is 5.69 Å². The van der Waals surface area contributed by atoms with E-state index in [9.17, 15) is 4.79 Å². The first-order valence-electron chi connectivity index (χ1n) is 7.38. The fraction of sp³-hybridized carbons (Fsp3) is 0.278. The summed E-state index contributed by atoms with van der Waals surface area (Å²) in [6.07, 6.45) is 1.03. The van der Waals surface area contributed by atoms with Crippen molar-refractivity contribution in [2.24, 2.45) is 0 Å². The van der Waals surface area contributed by atoms with Crippen LogP contribution in [-0.4, -0.2) is 12.5 Å². The molecule has 0 radical (unpaired) electrons. The average molecular weight is 282 g/mol. The summed E-state index contributed by atoms with van der Waals surface area (Å²) in [6.45, 7) is 5.57. The van der Waals surface area contributed by atoms with Gasteiger partial charge in [0.2, 0.25) is 0 Å². The molecule has 2 N–H and O–H groups in total. The Bertz CT molecular complexity index is 608. The molecule has 0 aromatic heterocycles. The number of aryl methyl sites for hydroxylation is 1. The third-order valence-corrected chi connectivity index (χ3v) is 3.44. The third kappa shape index (κ3) is 4.09. The van der Waals surface area contributed by atoms with Gasteiger partial charge in [-0.25, -0.2) is 0 Å². The number of amides is 1. The number of anilines is 1. The standard InChI is InChI=1S/C18H22N2O/c1-3-12-19-17-11-7-6-10-16(17)18(21)20-13-15-9-5-4-8-14(15)2/h4-11,19H,3,12-13H2,1-2H3,(H,20,21). The maximum Gasteiger partial charge on any atom is 0.253 e. The molecule has 2 rings (SSSR count). The lowest BCUT2D eigenvalue weighted by Crippen LogP contribution is -2.24. The number of carbonyl (C=O) groups excluding carboxylic acids is 1. The topological polar surface area (TPSA) is 41.1 Å². The smallest absolute Gasteiger partial charge is 0.253 e. The van der Waals surface area contributed by atoms with Crippen molar-refractivity contribution in [1.29, 1.82) is 0 Å². The van der Waals surface area contributed by atoms with Gasteiger partial charge in [-0.3, -0.25) is 4.79 Å². The van der Waals surface area contributed by atoms with Crippen LogP contribution in [0.5, 0.6) is 0 Å². The van der Waals surface area contributed by atoms with Gasteiger partial charge in [0.25, 0.3) is 5.91 Å². The molecule has 0 fully saturated rings. The Labute approximate surface area is 126 Å². The lowest BCUT2D eigenvalue weighted by atomic mass is 10.1. The van der Waals surface area contributed by atoms with E-state index in [0.29, 0.717) is 12.1 Å². The van der Waals surface area contributed by atoms with E-state index in [4.69, 9.17) is 0 Å². The highest BCUT2D eigenvalue weighted by atomic mass is 16.1. The Hall–Kier alpha value is -2.29. The summed E-state index contributed by atoms with van der Waals surface area (Å²) in [4.78, 5) is 12.4. The molecule has 0 aliphatic heterocycles. The van der Waals surface area contributed by atoms with Crippen molar-refractivity contribution >= 4 is 11.6 Å². The summed E-state index contributed by atoms with van der Waals surface area (Å²) >= 11 is 0. The van der Waals surface area contributed by atoms with E-state index in [2.05, 4.69) is 30.5 Å².